The van der Waals surface area contributed by atoms with Crippen molar-refractivity contribution in [2.75, 3.05) is 16.8 Å². The number of hydrogen-bond donors (Lipinski definition) is 2. The number of nitrogens with one attached hydrogen (secondary N) is 2. The molecule has 33 heavy (non-hydrogen) atoms. The zero-order chi connectivity index (χ0) is 23.2. The first-order valence-corrected chi connectivity index (χ1v) is 11.4. The molecule has 3 aromatic rings. The first-order valence-electron chi connectivity index (χ1n) is 11.4. The molecule has 170 valence electrons. The van der Waals surface area contributed by atoms with Gasteiger partial charge in [0.1, 0.15) is 11.9 Å². The van der Waals surface area contributed by atoms with Gasteiger partial charge >= 0.3 is 6.03 Å². The molecule has 0 atom stereocenters. The van der Waals surface area contributed by atoms with Crippen molar-refractivity contribution in [1.29, 1.82) is 5.26 Å². The molecule has 0 spiro atoms. The van der Waals surface area contributed by atoms with E-state index in [-0.39, 0.29) is 12.1 Å². The predicted octanol–water partition coefficient (Wildman–Crippen LogP) is 4.31. The van der Waals surface area contributed by atoms with Gasteiger partial charge in [0.05, 0.1) is 11.8 Å². The minimum atomic E-state index is -0.0585. The van der Waals surface area contributed by atoms with E-state index in [1.807, 2.05) is 61.6 Å². The van der Waals surface area contributed by atoms with Gasteiger partial charge in [-0.2, -0.15) is 10.4 Å². The number of benzene rings is 1. The Kier molecular flexibility index (Phi) is 6.89. The van der Waals surface area contributed by atoms with Gasteiger partial charge < -0.3 is 10.6 Å². The zero-order valence-corrected chi connectivity index (χ0v) is 19.0. The second kappa shape index (κ2) is 10.2. The molecule has 1 aromatic carbocycles. The summed E-state index contributed by atoms with van der Waals surface area (Å²) in [5.41, 5.74) is 3.58. The third-order valence-electron chi connectivity index (χ3n) is 6.04. The van der Waals surface area contributed by atoms with E-state index >= 15 is 0 Å². The minimum Gasteiger partial charge on any atom is -0.367 e. The number of urea groups is 1. The lowest BCUT2D eigenvalue weighted by Crippen LogP contribution is -2.48. The topological polar surface area (TPSA) is 98.9 Å². The van der Waals surface area contributed by atoms with Crippen molar-refractivity contribution in [3.63, 3.8) is 0 Å². The van der Waals surface area contributed by atoms with E-state index in [9.17, 15) is 4.79 Å². The maximum atomic E-state index is 13.0. The fraction of sp³-hybridized carbons (Fsp3) is 0.360. The molecular formula is C25H29N7O. The van der Waals surface area contributed by atoms with E-state index in [2.05, 4.69) is 26.8 Å². The van der Waals surface area contributed by atoms with E-state index in [1.165, 1.54) is 0 Å². The largest absolute Gasteiger partial charge is 0.367 e. The van der Waals surface area contributed by atoms with E-state index in [0.29, 0.717) is 18.2 Å². The van der Waals surface area contributed by atoms with Crippen LogP contribution in [0.1, 0.15) is 38.2 Å². The number of carbonyl (C=O) groups excluding carboxylic acids is 1. The van der Waals surface area contributed by atoms with Crippen molar-refractivity contribution in [1.82, 2.24) is 20.1 Å². The molecule has 0 aliphatic heterocycles. The van der Waals surface area contributed by atoms with Crippen LogP contribution in [-0.2, 0) is 7.05 Å². The Morgan fingerprint density at radius 3 is 2.45 bits per heavy atom. The van der Waals surface area contributed by atoms with Gasteiger partial charge in [-0.15, -0.1) is 0 Å². The number of nitriles is 1. The van der Waals surface area contributed by atoms with Crippen LogP contribution < -0.4 is 15.5 Å². The quantitative estimate of drug-likeness (QED) is 0.591. The van der Waals surface area contributed by atoms with Crippen LogP contribution in [0.3, 0.4) is 0 Å². The highest BCUT2D eigenvalue weighted by Gasteiger charge is 2.30. The van der Waals surface area contributed by atoms with Crippen LogP contribution in [0.4, 0.5) is 16.3 Å². The first-order chi connectivity index (χ1) is 16.1. The third kappa shape index (κ3) is 5.32. The number of aromatic nitrogens is 3. The van der Waals surface area contributed by atoms with E-state index in [0.717, 1.165) is 48.3 Å². The molecule has 2 N–H and O–H groups in total. The Labute approximate surface area is 194 Å². The van der Waals surface area contributed by atoms with Crippen LogP contribution >= 0.6 is 0 Å². The summed E-state index contributed by atoms with van der Waals surface area (Å²) in [5.74, 6) is 0.782. The predicted molar refractivity (Wildman–Crippen MR) is 129 cm³/mol. The number of nitrogens with zero attached hydrogens (tertiary/aromatic N) is 5. The number of hydrogen-bond acceptors (Lipinski definition) is 5. The van der Waals surface area contributed by atoms with Crippen molar-refractivity contribution >= 4 is 17.5 Å². The summed E-state index contributed by atoms with van der Waals surface area (Å²) < 4.78 is 1.78. The second-order valence-electron chi connectivity index (χ2n) is 8.35. The van der Waals surface area contributed by atoms with Gasteiger partial charge in [0.15, 0.2) is 0 Å². The van der Waals surface area contributed by atoms with Crippen LogP contribution in [0.5, 0.6) is 0 Å². The molecule has 1 aliphatic carbocycles. The number of pyridine rings is 1. The molecule has 0 unspecified atom stereocenters. The average Bonchev–Trinajstić information content (AvgIpc) is 3.28. The molecule has 0 radical (unpaired) electrons. The zero-order valence-electron chi connectivity index (χ0n) is 19.0. The fourth-order valence-electron chi connectivity index (χ4n) is 4.35. The maximum Gasteiger partial charge on any atom is 0.322 e. The van der Waals surface area contributed by atoms with Crippen molar-refractivity contribution in [2.24, 2.45) is 7.05 Å². The SMILES string of the molecule is CCNC(=O)N(c1ccc(-c2cnn(C)c2)cc1)[C@H]1CC[C@H](Nc2ccc(C#N)cn2)CC1. The van der Waals surface area contributed by atoms with Crippen molar-refractivity contribution in [3.8, 4) is 17.2 Å². The molecule has 2 amide bonds. The number of rotatable bonds is 6. The van der Waals surface area contributed by atoms with E-state index in [1.54, 1.807) is 16.9 Å². The molecule has 4 rings (SSSR count). The standard InChI is InChI=1S/C25H29N7O/c1-3-27-25(33)32(22-9-5-19(6-10-22)20-16-29-31(2)17-20)23-11-7-21(8-12-23)30-24-13-4-18(14-26)15-28-24/h4-6,9-10,13,15-17,21,23H,3,7-8,11-12H2,1-2H3,(H,27,33)(H,28,30)/t21-,23-. The molecule has 0 saturated heterocycles. The van der Waals surface area contributed by atoms with Crippen LogP contribution in [0.2, 0.25) is 0 Å². The van der Waals surface area contributed by atoms with Crippen LogP contribution in [-0.4, -0.2) is 39.4 Å². The molecule has 0 bridgehead atoms. The van der Waals surface area contributed by atoms with Gasteiger partial charge in [-0.3, -0.25) is 9.58 Å². The second-order valence-corrected chi connectivity index (χ2v) is 8.35. The molecule has 2 aromatic heterocycles. The monoisotopic (exact) mass is 443 g/mol. The minimum absolute atomic E-state index is 0.0585. The first kappa shape index (κ1) is 22.3. The molecular weight excluding hydrogens is 414 g/mol. The number of amides is 2. The molecule has 8 heteroatoms. The molecule has 1 saturated carbocycles. The Hall–Kier alpha value is -3.86. The summed E-state index contributed by atoms with van der Waals surface area (Å²) in [4.78, 5) is 19.2. The maximum absolute atomic E-state index is 13.0. The molecule has 2 heterocycles. The van der Waals surface area contributed by atoms with Gasteiger partial charge in [0, 0.05) is 49.3 Å². The summed E-state index contributed by atoms with van der Waals surface area (Å²) in [5, 5.41) is 19.6. The van der Waals surface area contributed by atoms with Gasteiger partial charge in [-0.1, -0.05) is 12.1 Å². The van der Waals surface area contributed by atoms with Gasteiger partial charge in [-0.25, -0.2) is 9.78 Å². The highest BCUT2D eigenvalue weighted by molar-refractivity contribution is 5.93. The van der Waals surface area contributed by atoms with Crippen molar-refractivity contribution < 1.29 is 4.79 Å². The number of carbonyl (C=O) groups is 1. The normalized spacial score (nSPS) is 17.7. The number of anilines is 2. The molecule has 1 aliphatic rings. The highest BCUT2D eigenvalue weighted by Crippen LogP contribution is 2.30. The van der Waals surface area contributed by atoms with E-state index < -0.39 is 0 Å². The summed E-state index contributed by atoms with van der Waals surface area (Å²) in [6.45, 7) is 2.53. The van der Waals surface area contributed by atoms with Crippen LogP contribution in [0.15, 0.2) is 55.0 Å². The highest BCUT2D eigenvalue weighted by atomic mass is 16.2. The fourth-order valence-corrected chi connectivity index (χ4v) is 4.35. The summed E-state index contributed by atoms with van der Waals surface area (Å²) >= 11 is 0. The van der Waals surface area contributed by atoms with Crippen LogP contribution in [0, 0.1) is 11.3 Å². The summed E-state index contributed by atoms with van der Waals surface area (Å²) in [7, 11) is 1.90. The Balaban J connectivity index is 1.44. The lowest BCUT2D eigenvalue weighted by molar-refractivity contribution is 0.241. The third-order valence-corrected chi connectivity index (χ3v) is 6.04. The molecule has 8 nitrogen and oxygen atoms in total. The lowest BCUT2D eigenvalue weighted by Gasteiger charge is -2.37. The lowest BCUT2D eigenvalue weighted by atomic mass is 9.89. The smallest absolute Gasteiger partial charge is 0.322 e. The summed E-state index contributed by atoms with van der Waals surface area (Å²) in [6, 6.07) is 14.2. The van der Waals surface area contributed by atoms with Gasteiger partial charge in [-0.05, 0) is 62.4 Å². The Bertz CT molecular complexity index is 1110. The van der Waals surface area contributed by atoms with Crippen molar-refractivity contribution in [3.05, 3.63) is 60.6 Å². The van der Waals surface area contributed by atoms with Gasteiger partial charge in [0.2, 0.25) is 0 Å². The average molecular weight is 444 g/mol. The van der Waals surface area contributed by atoms with Gasteiger partial charge in [0.25, 0.3) is 0 Å². The summed E-state index contributed by atoms with van der Waals surface area (Å²) in [6.07, 6.45) is 9.08. The van der Waals surface area contributed by atoms with Crippen molar-refractivity contribution in [2.45, 2.75) is 44.7 Å². The Morgan fingerprint density at radius 2 is 1.88 bits per heavy atom. The van der Waals surface area contributed by atoms with Crippen LogP contribution in [0.25, 0.3) is 11.1 Å². The molecule has 1 fully saturated rings. The Morgan fingerprint density at radius 1 is 1.12 bits per heavy atom. The number of aryl methyl sites for hydroxylation is 1. The van der Waals surface area contributed by atoms with E-state index in [4.69, 9.17) is 5.26 Å².